The molecule has 0 atom stereocenters. The third-order valence-corrected chi connectivity index (χ3v) is 4.00. The first kappa shape index (κ1) is 13.7. The molecule has 0 aliphatic rings. The van der Waals surface area contributed by atoms with Crippen LogP contribution in [0.15, 0.2) is 53.1 Å². The van der Waals surface area contributed by atoms with E-state index in [0.29, 0.717) is 6.54 Å². The molecule has 0 amide bonds. The Morgan fingerprint density at radius 1 is 1.00 bits per heavy atom. The Morgan fingerprint density at radius 2 is 1.76 bits per heavy atom. The van der Waals surface area contributed by atoms with Gasteiger partial charge in [0.25, 0.3) is 0 Å². The molecular weight excluding hydrogens is 260 g/mol. The average molecular weight is 280 g/mol. The highest BCUT2D eigenvalue weighted by molar-refractivity contribution is 5.96. The zero-order valence-corrected chi connectivity index (χ0v) is 12.5. The summed E-state index contributed by atoms with van der Waals surface area (Å²) in [5.41, 5.74) is 9.45. The number of rotatable bonds is 4. The van der Waals surface area contributed by atoms with Crippen molar-refractivity contribution in [1.29, 1.82) is 0 Å². The Morgan fingerprint density at radius 3 is 2.43 bits per heavy atom. The summed E-state index contributed by atoms with van der Waals surface area (Å²) >= 11 is 0. The number of anilines is 1. The van der Waals surface area contributed by atoms with Crippen molar-refractivity contribution in [2.45, 2.75) is 20.0 Å². The van der Waals surface area contributed by atoms with Crippen molar-refractivity contribution in [3.05, 3.63) is 65.6 Å². The molecule has 3 aromatic rings. The summed E-state index contributed by atoms with van der Waals surface area (Å²) in [4.78, 5) is 2.25. The van der Waals surface area contributed by atoms with E-state index in [1.807, 2.05) is 13.0 Å². The molecule has 0 saturated carbocycles. The van der Waals surface area contributed by atoms with Gasteiger partial charge in [0.05, 0.1) is 6.26 Å². The minimum Gasteiger partial charge on any atom is -0.469 e. The quantitative estimate of drug-likeness (QED) is 0.789. The van der Waals surface area contributed by atoms with Crippen molar-refractivity contribution < 1.29 is 4.42 Å². The molecule has 0 aliphatic heterocycles. The Hall–Kier alpha value is -2.26. The van der Waals surface area contributed by atoms with E-state index in [1.165, 1.54) is 27.6 Å². The lowest BCUT2D eigenvalue weighted by Crippen LogP contribution is -2.17. The highest BCUT2D eigenvalue weighted by Gasteiger charge is 2.11. The van der Waals surface area contributed by atoms with Crippen molar-refractivity contribution in [3.63, 3.8) is 0 Å². The predicted molar refractivity (Wildman–Crippen MR) is 87.4 cm³/mol. The summed E-state index contributed by atoms with van der Waals surface area (Å²) in [6.45, 7) is 3.39. The lowest BCUT2D eigenvalue weighted by molar-refractivity contribution is 0.529. The van der Waals surface area contributed by atoms with Crippen LogP contribution in [0.3, 0.4) is 0 Å². The molecule has 0 radical (unpaired) electrons. The molecule has 3 heteroatoms. The van der Waals surface area contributed by atoms with Crippen LogP contribution in [0.2, 0.25) is 0 Å². The van der Waals surface area contributed by atoms with Gasteiger partial charge in [0.15, 0.2) is 0 Å². The molecule has 0 aliphatic carbocycles. The third-order valence-electron chi connectivity index (χ3n) is 4.00. The van der Waals surface area contributed by atoms with E-state index in [2.05, 4.69) is 48.3 Å². The van der Waals surface area contributed by atoms with Gasteiger partial charge < -0.3 is 15.1 Å². The van der Waals surface area contributed by atoms with Crippen molar-refractivity contribution in [2.75, 3.05) is 11.9 Å². The van der Waals surface area contributed by atoms with Crippen LogP contribution in [-0.2, 0) is 13.1 Å². The van der Waals surface area contributed by atoms with Gasteiger partial charge in [-0.05, 0) is 30.0 Å². The Labute approximate surface area is 125 Å². The van der Waals surface area contributed by atoms with Crippen LogP contribution in [0.25, 0.3) is 10.8 Å². The molecule has 1 aromatic heterocycles. The minimum absolute atomic E-state index is 0.561. The predicted octanol–water partition coefficient (Wildman–Crippen LogP) is 3.84. The SMILES string of the molecule is Cc1occc1CN(C)c1ccc(CN)c2ccccc12. The van der Waals surface area contributed by atoms with Gasteiger partial charge in [-0.15, -0.1) is 0 Å². The molecule has 3 rings (SSSR count). The molecule has 1 heterocycles. The monoisotopic (exact) mass is 280 g/mol. The number of furan rings is 1. The lowest BCUT2D eigenvalue weighted by Gasteiger charge is -2.22. The summed E-state index contributed by atoms with van der Waals surface area (Å²) in [7, 11) is 2.11. The fraction of sp³-hybridized carbons (Fsp3) is 0.222. The second-order valence-corrected chi connectivity index (χ2v) is 5.35. The third kappa shape index (κ3) is 2.52. The zero-order chi connectivity index (χ0) is 14.8. The first-order valence-electron chi connectivity index (χ1n) is 7.15. The number of hydrogen-bond acceptors (Lipinski definition) is 3. The summed E-state index contributed by atoms with van der Waals surface area (Å²) in [5.74, 6) is 0.977. The number of aryl methyl sites for hydroxylation is 1. The topological polar surface area (TPSA) is 42.4 Å². The van der Waals surface area contributed by atoms with E-state index in [0.717, 1.165) is 12.3 Å². The molecular formula is C18H20N2O. The van der Waals surface area contributed by atoms with Crippen LogP contribution in [0, 0.1) is 6.92 Å². The molecule has 0 unspecified atom stereocenters. The van der Waals surface area contributed by atoms with E-state index in [9.17, 15) is 0 Å². The first-order valence-corrected chi connectivity index (χ1v) is 7.15. The first-order chi connectivity index (χ1) is 10.2. The van der Waals surface area contributed by atoms with Gasteiger partial charge in [-0.2, -0.15) is 0 Å². The van der Waals surface area contributed by atoms with Crippen LogP contribution in [-0.4, -0.2) is 7.05 Å². The highest BCUT2D eigenvalue weighted by Crippen LogP contribution is 2.30. The molecule has 3 nitrogen and oxygen atoms in total. The second kappa shape index (κ2) is 5.62. The van der Waals surface area contributed by atoms with Crippen molar-refractivity contribution in [2.24, 2.45) is 5.73 Å². The fourth-order valence-corrected chi connectivity index (χ4v) is 2.77. The lowest BCUT2D eigenvalue weighted by atomic mass is 10.0. The fourth-order valence-electron chi connectivity index (χ4n) is 2.77. The Bertz CT molecular complexity index is 761. The number of nitrogens with two attached hydrogens (primary N) is 1. The van der Waals surface area contributed by atoms with Crippen molar-refractivity contribution >= 4 is 16.5 Å². The van der Waals surface area contributed by atoms with Crippen molar-refractivity contribution in [3.8, 4) is 0 Å². The van der Waals surface area contributed by atoms with Crippen LogP contribution < -0.4 is 10.6 Å². The maximum absolute atomic E-state index is 5.85. The van der Waals surface area contributed by atoms with E-state index >= 15 is 0 Å². The van der Waals surface area contributed by atoms with Crippen LogP contribution in [0.1, 0.15) is 16.9 Å². The maximum atomic E-state index is 5.85. The molecule has 0 bridgehead atoms. The number of benzene rings is 2. The van der Waals surface area contributed by atoms with Gasteiger partial charge in [-0.1, -0.05) is 30.3 Å². The smallest absolute Gasteiger partial charge is 0.105 e. The molecule has 0 spiro atoms. The Kier molecular flexibility index (Phi) is 3.67. The van der Waals surface area contributed by atoms with Crippen LogP contribution in [0.4, 0.5) is 5.69 Å². The van der Waals surface area contributed by atoms with Gasteiger partial charge >= 0.3 is 0 Å². The zero-order valence-electron chi connectivity index (χ0n) is 12.5. The normalized spacial score (nSPS) is 11.0. The summed E-state index contributed by atoms with van der Waals surface area (Å²) in [5, 5.41) is 2.47. The standard InChI is InChI=1S/C18H20N2O/c1-13-15(9-10-21-13)12-20(2)18-8-7-14(11-19)16-5-3-4-6-17(16)18/h3-10H,11-12,19H2,1-2H3. The summed E-state index contributed by atoms with van der Waals surface area (Å²) < 4.78 is 5.38. The average Bonchev–Trinajstić information content (AvgIpc) is 2.91. The molecule has 21 heavy (non-hydrogen) atoms. The van der Waals surface area contributed by atoms with E-state index in [-0.39, 0.29) is 0 Å². The van der Waals surface area contributed by atoms with Crippen LogP contribution >= 0.6 is 0 Å². The largest absolute Gasteiger partial charge is 0.469 e. The number of hydrogen-bond donors (Lipinski definition) is 1. The minimum atomic E-state index is 0.561. The summed E-state index contributed by atoms with van der Waals surface area (Å²) in [6, 6.07) is 14.7. The van der Waals surface area contributed by atoms with Gasteiger partial charge in [0.1, 0.15) is 5.76 Å². The molecule has 2 N–H and O–H groups in total. The molecule has 0 saturated heterocycles. The number of nitrogens with zero attached hydrogens (tertiary/aromatic N) is 1. The van der Waals surface area contributed by atoms with Crippen LogP contribution in [0.5, 0.6) is 0 Å². The van der Waals surface area contributed by atoms with Crippen molar-refractivity contribution in [1.82, 2.24) is 0 Å². The molecule has 0 fully saturated rings. The van der Waals surface area contributed by atoms with E-state index < -0.39 is 0 Å². The second-order valence-electron chi connectivity index (χ2n) is 5.35. The maximum Gasteiger partial charge on any atom is 0.105 e. The van der Waals surface area contributed by atoms with E-state index in [4.69, 9.17) is 10.2 Å². The molecule has 2 aromatic carbocycles. The van der Waals surface area contributed by atoms with Gasteiger partial charge in [-0.3, -0.25) is 0 Å². The van der Waals surface area contributed by atoms with Gasteiger partial charge in [0.2, 0.25) is 0 Å². The molecule has 108 valence electrons. The van der Waals surface area contributed by atoms with E-state index in [1.54, 1.807) is 6.26 Å². The van der Waals surface area contributed by atoms with Gasteiger partial charge in [0, 0.05) is 36.8 Å². The van der Waals surface area contributed by atoms with Gasteiger partial charge in [-0.25, -0.2) is 0 Å². The summed E-state index contributed by atoms with van der Waals surface area (Å²) in [6.07, 6.45) is 1.74. The highest BCUT2D eigenvalue weighted by atomic mass is 16.3. The number of fused-ring (bicyclic) bond motifs is 1. The Balaban J connectivity index is 2.02.